The molecule has 0 saturated carbocycles. The molecule has 0 unspecified atom stereocenters. The van der Waals surface area contributed by atoms with Crippen molar-refractivity contribution in [2.75, 3.05) is 0 Å². The van der Waals surface area contributed by atoms with Gasteiger partial charge in [0.2, 0.25) is 0 Å². The molecule has 1 aliphatic heterocycles. The Morgan fingerprint density at radius 1 is 1.58 bits per heavy atom. The molecule has 0 aliphatic carbocycles. The number of hydroxylamine groups is 1. The van der Waals surface area contributed by atoms with Crippen molar-refractivity contribution in [1.82, 2.24) is 5.48 Å². The molecule has 0 bridgehead atoms. The lowest BCUT2D eigenvalue weighted by Gasteiger charge is -1.98. The molecule has 4 heteroatoms. The van der Waals surface area contributed by atoms with Crippen LogP contribution in [0.15, 0.2) is 18.2 Å². The summed E-state index contributed by atoms with van der Waals surface area (Å²) in [4.78, 5) is 5.03. The quantitative estimate of drug-likeness (QED) is 0.578. The van der Waals surface area contributed by atoms with Gasteiger partial charge in [0.05, 0.1) is 11.6 Å². The van der Waals surface area contributed by atoms with Crippen molar-refractivity contribution in [3.05, 3.63) is 29.3 Å². The number of benzene rings is 1. The fourth-order valence-corrected chi connectivity index (χ4v) is 1.14. The standard InChI is InChI=1S/C8H7N3O/c9-4-5-1-2-6-7(3-5)12-11-8(6)10/h1-3,8,11H,10H2/t8-/m1/s1. The summed E-state index contributed by atoms with van der Waals surface area (Å²) in [5.41, 5.74) is 9.68. The van der Waals surface area contributed by atoms with Gasteiger partial charge < -0.3 is 10.6 Å². The van der Waals surface area contributed by atoms with Crippen molar-refractivity contribution in [1.29, 1.82) is 5.26 Å². The predicted molar refractivity (Wildman–Crippen MR) is 41.8 cm³/mol. The van der Waals surface area contributed by atoms with Gasteiger partial charge in [0.25, 0.3) is 0 Å². The van der Waals surface area contributed by atoms with Gasteiger partial charge >= 0.3 is 0 Å². The summed E-state index contributed by atoms with van der Waals surface area (Å²) in [6.45, 7) is 0. The van der Waals surface area contributed by atoms with Gasteiger partial charge in [0, 0.05) is 11.6 Å². The average molecular weight is 161 g/mol. The second-order valence-electron chi connectivity index (χ2n) is 2.56. The van der Waals surface area contributed by atoms with Crippen LogP contribution in [0, 0.1) is 11.3 Å². The van der Waals surface area contributed by atoms with Crippen LogP contribution in [0.2, 0.25) is 0 Å². The van der Waals surface area contributed by atoms with Crippen LogP contribution in [0.25, 0.3) is 0 Å². The van der Waals surface area contributed by atoms with Crippen LogP contribution in [0.4, 0.5) is 0 Å². The second kappa shape index (κ2) is 2.48. The van der Waals surface area contributed by atoms with Gasteiger partial charge in [-0.05, 0) is 6.07 Å². The third-order valence-electron chi connectivity index (χ3n) is 1.77. The summed E-state index contributed by atoms with van der Waals surface area (Å²) in [5.74, 6) is 0.640. The first-order valence-corrected chi connectivity index (χ1v) is 3.53. The SMILES string of the molecule is N#Cc1ccc2c(c1)ON[C@H]2N. The zero-order valence-electron chi connectivity index (χ0n) is 6.24. The molecule has 0 fully saturated rings. The molecule has 1 aromatic carbocycles. The van der Waals surface area contributed by atoms with E-state index in [1.54, 1.807) is 18.2 Å². The van der Waals surface area contributed by atoms with E-state index < -0.39 is 0 Å². The summed E-state index contributed by atoms with van der Waals surface area (Å²) in [6.07, 6.45) is -0.284. The van der Waals surface area contributed by atoms with E-state index in [0.29, 0.717) is 11.3 Å². The second-order valence-corrected chi connectivity index (χ2v) is 2.56. The molecule has 0 saturated heterocycles. The molecular formula is C8H7N3O. The third-order valence-corrected chi connectivity index (χ3v) is 1.77. The Morgan fingerprint density at radius 3 is 3.17 bits per heavy atom. The highest BCUT2D eigenvalue weighted by Crippen LogP contribution is 2.28. The lowest BCUT2D eigenvalue weighted by molar-refractivity contribution is 0.196. The maximum absolute atomic E-state index is 8.58. The van der Waals surface area contributed by atoms with Crippen molar-refractivity contribution < 1.29 is 4.84 Å². The van der Waals surface area contributed by atoms with Crippen LogP contribution < -0.4 is 16.1 Å². The Hall–Kier alpha value is -1.57. The highest BCUT2D eigenvalue weighted by molar-refractivity contribution is 5.45. The fourth-order valence-electron chi connectivity index (χ4n) is 1.14. The zero-order valence-corrected chi connectivity index (χ0v) is 6.24. The lowest BCUT2D eigenvalue weighted by Crippen LogP contribution is -2.23. The number of hydrogen-bond acceptors (Lipinski definition) is 4. The van der Waals surface area contributed by atoms with Gasteiger partial charge in [-0.15, -0.1) is 5.48 Å². The fraction of sp³-hybridized carbons (Fsp3) is 0.125. The Kier molecular flexibility index (Phi) is 1.47. The summed E-state index contributed by atoms with van der Waals surface area (Å²) in [5, 5.41) is 8.58. The minimum atomic E-state index is -0.284. The molecule has 4 nitrogen and oxygen atoms in total. The molecule has 60 valence electrons. The van der Waals surface area contributed by atoms with Gasteiger partial charge in [-0.2, -0.15) is 5.26 Å². The number of nitriles is 1. The van der Waals surface area contributed by atoms with Crippen molar-refractivity contribution >= 4 is 0 Å². The monoisotopic (exact) mass is 161 g/mol. The van der Waals surface area contributed by atoms with E-state index in [-0.39, 0.29) is 6.17 Å². The smallest absolute Gasteiger partial charge is 0.154 e. The average Bonchev–Trinajstić information content (AvgIpc) is 2.47. The van der Waals surface area contributed by atoms with Crippen LogP contribution >= 0.6 is 0 Å². The summed E-state index contributed by atoms with van der Waals surface area (Å²) in [6, 6.07) is 7.19. The molecule has 1 aliphatic rings. The molecular weight excluding hydrogens is 154 g/mol. The normalized spacial score (nSPS) is 19.5. The van der Waals surface area contributed by atoms with Gasteiger partial charge in [-0.1, -0.05) is 6.07 Å². The Labute approximate surface area is 69.5 Å². The molecule has 1 heterocycles. The first-order chi connectivity index (χ1) is 5.81. The lowest BCUT2D eigenvalue weighted by atomic mass is 10.1. The molecule has 0 amide bonds. The van der Waals surface area contributed by atoms with Crippen LogP contribution in [0.5, 0.6) is 5.75 Å². The number of hydrogen-bond donors (Lipinski definition) is 2. The summed E-state index contributed by atoms with van der Waals surface area (Å²) < 4.78 is 0. The van der Waals surface area contributed by atoms with Crippen LogP contribution in [0.3, 0.4) is 0 Å². The van der Waals surface area contributed by atoms with E-state index in [0.717, 1.165) is 5.56 Å². The minimum Gasteiger partial charge on any atom is -0.406 e. The first-order valence-electron chi connectivity index (χ1n) is 3.53. The molecule has 0 aromatic heterocycles. The van der Waals surface area contributed by atoms with Crippen molar-refractivity contribution in [2.45, 2.75) is 6.17 Å². The number of rotatable bonds is 0. The van der Waals surface area contributed by atoms with E-state index in [1.165, 1.54) is 0 Å². The number of nitrogens with zero attached hydrogens (tertiary/aromatic N) is 1. The number of nitrogens with one attached hydrogen (secondary N) is 1. The molecule has 2 rings (SSSR count). The Bertz CT molecular complexity index is 356. The highest BCUT2D eigenvalue weighted by atomic mass is 16.7. The van der Waals surface area contributed by atoms with Gasteiger partial charge in [-0.25, -0.2) is 0 Å². The Balaban J connectivity index is 2.50. The molecule has 1 aromatic rings. The predicted octanol–water partition coefficient (Wildman–Crippen LogP) is 0.413. The first kappa shape index (κ1) is 7.10. The molecule has 12 heavy (non-hydrogen) atoms. The summed E-state index contributed by atoms with van der Waals surface area (Å²) >= 11 is 0. The van der Waals surface area contributed by atoms with E-state index >= 15 is 0 Å². The Morgan fingerprint density at radius 2 is 2.42 bits per heavy atom. The van der Waals surface area contributed by atoms with E-state index in [2.05, 4.69) is 5.48 Å². The summed E-state index contributed by atoms with van der Waals surface area (Å²) in [7, 11) is 0. The van der Waals surface area contributed by atoms with E-state index in [9.17, 15) is 0 Å². The molecule has 3 N–H and O–H groups in total. The van der Waals surface area contributed by atoms with E-state index in [4.69, 9.17) is 15.8 Å². The van der Waals surface area contributed by atoms with Crippen LogP contribution in [0.1, 0.15) is 17.3 Å². The topological polar surface area (TPSA) is 71.1 Å². The van der Waals surface area contributed by atoms with Gasteiger partial charge in [-0.3, -0.25) is 0 Å². The minimum absolute atomic E-state index is 0.284. The molecule has 1 atom stereocenters. The van der Waals surface area contributed by atoms with Crippen LogP contribution in [-0.4, -0.2) is 0 Å². The molecule has 0 radical (unpaired) electrons. The third kappa shape index (κ3) is 0.925. The van der Waals surface area contributed by atoms with Crippen molar-refractivity contribution in [3.8, 4) is 11.8 Å². The number of fused-ring (bicyclic) bond motifs is 1. The van der Waals surface area contributed by atoms with Gasteiger partial charge in [0.15, 0.2) is 5.75 Å². The highest BCUT2D eigenvalue weighted by Gasteiger charge is 2.19. The van der Waals surface area contributed by atoms with Gasteiger partial charge in [0.1, 0.15) is 6.17 Å². The van der Waals surface area contributed by atoms with E-state index in [1.807, 2.05) is 6.07 Å². The largest absolute Gasteiger partial charge is 0.406 e. The van der Waals surface area contributed by atoms with Crippen molar-refractivity contribution in [2.24, 2.45) is 5.73 Å². The maximum atomic E-state index is 8.58. The van der Waals surface area contributed by atoms with Crippen LogP contribution in [-0.2, 0) is 0 Å². The van der Waals surface area contributed by atoms with Crippen molar-refractivity contribution in [3.63, 3.8) is 0 Å². The molecule has 0 spiro atoms. The number of nitrogens with two attached hydrogens (primary N) is 1. The maximum Gasteiger partial charge on any atom is 0.154 e. The zero-order chi connectivity index (χ0) is 8.55.